The van der Waals surface area contributed by atoms with E-state index in [1.165, 1.54) is 18.6 Å². The number of rotatable bonds is 3. The topological polar surface area (TPSA) is 44.9 Å². The quantitative estimate of drug-likeness (QED) is 0.903. The second kappa shape index (κ2) is 4.93. The number of aromatic nitrogens is 1. The van der Waals surface area contributed by atoms with Gasteiger partial charge in [-0.1, -0.05) is 18.2 Å². The molecule has 3 rings (SSSR count). The average molecular weight is 274 g/mol. The summed E-state index contributed by atoms with van der Waals surface area (Å²) in [6, 6.07) is 9.69. The Labute approximate surface area is 116 Å². The maximum absolute atomic E-state index is 12.0. The molecule has 1 unspecified atom stereocenters. The Kier molecular flexibility index (Phi) is 3.27. The number of hydrogen-bond acceptors (Lipinski definition) is 3. The number of H-pyrrole nitrogens is 1. The molecule has 1 atom stereocenters. The van der Waals surface area contributed by atoms with Gasteiger partial charge in [-0.3, -0.25) is 4.79 Å². The molecule has 1 saturated heterocycles. The van der Waals surface area contributed by atoms with Gasteiger partial charge in [-0.25, -0.2) is 0 Å². The van der Waals surface area contributed by atoms with Crippen molar-refractivity contribution in [2.24, 2.45) is 0 Å². The van der Waals surface area contributed by atoms with E-state index in [0.717, 1.165) is 23.1 Å². The Balaban J connectivity index is 1.83. The van der Waals surface area contributed by atoms with Crippen LogP contribution in [0.5, 0.6) is 0 Å². The van der Waals surface area contributed by atoms with Crippen molar-refractivity contribution < 1.29 is 0 Å². The van der Waals surface area contributed by atoms with Crippen molar-refractivity contribution in [3.8, 4) is 0 Å². The predicted octanol–water partition coefficient (Wildman–Crippen LogP) is 3.23. The van der Waals surface area contributed by atoms with Crippen LogP contribution in [0.4, 0.5) is 5.82 Å². The molecule has 4 heteroatoms. The summed E-state index contributed by atoms with van der Waals surface area (Å²) >= 11 is 2.02. The van der Waals surface area contributed by atoms with Crippen molar-refractivity contribution in [2.45, 2.75) is 24.5 Å². The monoisotopic (exact) mass is 274 g/mol. The van der Waals surface area contributed by atoms with E-state index in [9.17, 15) is 4.79 Å². The van der Waals surface area contributed by atoms with Crippen LogP contribution in [0.2, 0.25) is 0 Å². The van der Waals surface area contributed by atoms with Gasteiger partial charge in [0.1, 0.15) is 5.82 Å². The lowest BCUT2D eigenvalue weighted by molar-refractivity contribution is 0.634. The van der Waals surface area contributed by atoms with E-state index in [4.69, 9.17) is 0 Å². The van der Waals surface area contributed by atoms with E-state index < -0.39 is 0 Å². The highest BCUT2D eigenvalue weighted by atomic mass is 32.2. The Morgan fingerprint density at radius 1 is 1.42 bits per heavy atom. The Morgan fingerprint density at radius 3 is 3.05 bits per heavy atom. The van der Waals surface area contributed by atoms with Gasteiger partial charge in [0.25, 0.3) is 5.56 Å². The summed E-state index contributed by atoms with van der Waals surface area (Å²) in [5, 5.41) is 5.11. The Morgan fingerprint density at radius 2 is 2.26 bits per heavy atom. The van der Waals surface area contributed by atoms with Crippen LogP contribution >= 0.6 is 11.8 Å². The molecule has 3 nitrogen and oxygen atoms in total. The van der Waals surface area contributed by atoms with Gasteiger partial charge >= 0.3 is 0 Å². The standard InChI is InChI=1S/C15H18N2OS/c1-15(7-4-8-19-15)10-16-13-9-11-5-2-3-6-12(11)14(18)17-13/h2-3,5-6,9H,4,7-8,10H2,1H3,(H2,16,17,18). The summed E-state index contributed by atoms with van der Waals surface area (Å²) in [7, 11) is 0. The van der Waals surface area contributed by atoms with Gasteiger partial charge in [-0.05, 0) is 43.0 Å². The largest absolute Gasteiger partial charge is 0.370 e. The molecule has 2 heterocycles. The van der Waals surface area contributed by atoms with Crippen molar-refractivity contribution in [1.82, 2.24) is 4.98 Å². The molecule has 0 saturated carbocycles. The van der Waals surface area contributed by atoms with Gasteiger partial charge < -0.3 is 10.3 Å². The third kappa shape index (κ3) is 2.63. The maximum atomic E-state index is 12.0. The smallest absolute Gasteiger partial charge is 0.257 e. The van der Waals surface area contributed by atoms with Crippen molar-refractivity contribution >= 4 is 28.4 Å². The van der Waals surface area contributed by atoms with Crippen LogP contribution in [0.25, 0.3) is 10.8 Å². The number of anilines is 1. The molecule has 0 amide bonds. The minimum absolute atomic E-state index is 0.0233. The fourth-order valence-corrected chi connectivity index (χ4v) is 3.81. The van der Waals surface area contributed by atoms with Crippen LogP contribution in [-0.2, 0) is 0 Å². The second-order valence-electron chi connectivity index (χ2n) is 5.35. The normalized spacial score (nSPS) is 22.8. The van der Waals surface area contributed by atoms with Gasteiger partial charge in [0, 0.05) is 16.7 Å². The summed E-state index contributed by atoms with van der Waals surface area (Å²) in [6.45, 7) is 3.18. The van der Waals surface area contributed by atoms with Crippen LogP contribution in [-0.4, -0.2) is 22.0 Å². The van der Waals surface area contributed by atoms with E-state index >= 15 is 0 Å². The first-order chi connectivity index (χ1) is 9.16. The summed E-state index contributed by atoms with van der Waals surface area (Å²) in [5.41, 5.74) is -0.0233. The summed E-state index contributed by atoms with van der Waals surface area (Å²) in [5.74, 6) is 2.06. The minimum Gasteiger partial charge on any atom is -0.370 e. The molecule has 19 heavy (non-hydrogen) atoms. The highest BCUT2D eigenvalue weighted by molar-refractivity contribution is 8.00. The van der Waals surface area contributed by atoms with Gasteiger partial charge in [0.2, 0.25) is 0 Å². The van der Waals surface area contributed by atoms with E-state index in [2.05, 4.69) is 17.2 Å². The summed E-state index contributed by atoms with van der Waals surface area (Å²) < 4.78 is 0.294. The molecule has 2 aromatic rings. The molecule has 1 aliphatic rings. The number of benzene rings is 1. The molecular formula is C15H18N2OS. The van der Waals surface area contributed by atoms with E-state index in [0.29, 0.717) is 4.75 Å². The molecule has 0 spiro atoms. The van der Waals surface area contributed by atoms with E-state index in [-0.39, 0.29) is 5.56 Å². The van der Waals surface area contributed by atoms with Crippen LogP contribution < -0.4 is 10.9 Å². The van der Waals surface area contributed by atoms with E-state index in [1.54, 1.807) is 0 Å². The number of thioether (sulfide) groups is 1. The SMILES string of the molecule is CC1(CNc2cc3ccccc3c(=O)[nH]2)CCCS1. The highest BCUT2D eigenvalue weighted by Crippen LogP contribution is 2.37. The zero-order valence-corrected chi connectivity index (χ0v) is 11.8. The molecule has 0 radical (unpaired) electrons. The predicted molar refractivity (Wildman–Crippen MR) is 83.2 cm³/mol. The summed E-state index contributed by atoms with van der Waals surface area (Å²) in [4.78, 5) is 14.9. The molecule has 1 aliphatic heterocycles. The molecule has 1 aromatic heterocycles. The maximum Gasteiger partial charge on any atom is 0.257 e. The Hall–Kier alpha value is -1.42. The second-order valence-corrected chi connectivity index (χ2v) is 7.04. The highest BCUT2D eigenvalue weighted by Gasteiger charge is 2.29. The average Bonchev–Trinajstić information content (AvgIpc) is 2.84. The zero-order chi connectivity index (χ0) is 13.3. The van der Waals surface area contributed by atoms with Crippen molar-refractivity contribution in [3.05, 3.63) is 40.7 Å². The van der Waals surface area contributed by atoms with Crippen molar-refractivity contribution in [3.63, 3.8) is 0 Å². The number of pyridine rings is 1. The van der Waals surface area contributed by atoms with Gasteiger partial charge in [0.05, 0.1) is 0 Å². The lowest BCUT2D eigenvalue weighted by Crippen LogP contribution is -2.28. The third-order valence-corrected chi connectivity index (χ3v) is 5.24. The first-order valence-electron chi connectivity index (χ1n) is 6.66. The molecular weight excluding hydrogens is 256 g/mol. The molecule has 100 valence electrons. The van der Waals surface area contributed by atoms with Gasteiger partial charge in [-0.2, -0.15) is 11.8 Å². The molecule has 2 N–H and O–H groups in total. The fourth-order valence-electron chi connectivity index (χ4n) is 2.56. The lowest BCUT2D eigenvalue weighted by atomic mass is 10.1. The van der Waals surface area contributed by atoms with Gasteiger partial charge in [0.15, 0.2) is 0 Å². The van der Waals surface area contributed by atoms with Gasteiger partial charge in [-0.15, -0.1) is 0 Å². The number of fused-ring (bicyclic) bond motifs is 1. The van der Waals surface area contributed by atoms with Crippen LogP contribution in [0.3, 0.4) is 0 Å². The number of nitrogens with one attached hydrogen (secondary N) is 2. The number of hydrogen-bond donors (Lipinski definition) is 2. The van der Waals surface area contributed by atoms with E-state index in [1.807, 2.05) is 42.1 Å². The molecule has 1 aromatic carbocycles. The third-order valence-electron chi connectivity index (χ3n) is 3.71. The molecule has 0 bridgehead atoms. The first-order valence-corrected chi connectivity index (χ1v) is 7.65. The zero-order valence-electron chi connectivity index (χ0n) is 11.0. The van der Waals surface area contributed by atoms with Crippen LogP contribution in [0.1, 0.15) is 19.8 Å². The molecule has 0 aliphatic carbocycles. The number of aromatic amines is 1. The van der Waals surface area contributed by atoms with Crippen LogP contribution in [0.15, 0.2) is 35.1 Å². The first kappa shape index (κ1) is 12.6. The molecule has 1 fully saturated rings. The lowest BCUT2D eigenvalue weighted by Gasteiger charge is -2.23. The van der Waals surface area contributed by atoms with Crippen LogP contribution in [0, 0.1) is 0 Å². The fraction of sp³-hybridized carbons (Fsp3) is 0.400. The van der Waals surface area contributed by atoms with Crippen molar-refractivity contribution in [2.75, 3.05) is 17.6 Å². The summed E-state index contributed by atoms with van der Waals surface area (Å²) in [6.07, 6.45) is 2.53. The minimum atomic E-state index is -0.0233. The Bertz CT molecular complexity index is 644. The van der Waals surface area contributed by atoms with Crippen molar-refractivity contribution in [1.29, 1.82) is 0 Å².